The summed E-state index contributed by atoms with van der Waals surface area (Å²) >= 11 is 0. The lowest BCUT2D eigenvalue weighted by Gasteiger charge is -2.04. The molecule has 1 heterocycles. The molecule has 1 aromatic heterocycles. The molecule has 19 heavy (non-hydrogen) atoms. The number of aliphatic carboxylic acids is 1. The largest absolute Gasteiger partial charge is 0.481 e. The summed E-state index contributed by atoms with van der Waals surface area (Å²) in [6, 6.07) is 8.01. The van der Waals surface area contributed by atoms with Crippen LogP contribution < -0.4 is 0 Å². The van der Waals surface area contributed by atoms with Gasteiger partial charge in [0, 0.05) is 5.56 Å². The van der Waals surface area contributed by atoms with E-state index in [4.69, 9.17) is 9.52 Å². The third-order valence-corrected chi connectivity index (χ3v) is 2.73. The Morgan fingerprint density at radius 2 is 2.00 bits per heavy atom. The van der Waals surface area contributed by atoms with E-state index in [1.807, 2.05) is 12.1 Å². The molecular weight excluding hydrogens is 242 g/mol. The Labute approximate surface area is 112 Å². The highest BCUT2D eigenvalue weighted by Gasteiger charge is 2.09. The van der Waals surface area contributed by atoms with E-state index in [9.17, 15) is 4.79 Å². The Balaban J connectivity index is 2.13. The zero-order valence-corrected chi connectivity index (χ0v) is 11.1. The summed E-state index contributed by atoms with van der Waals surface area (Å²) in [5, 5.41) is 8.69. The summed E-state index contributed by atoms with van der Waals surface area (Å²) in [7, 11) is 0. The van der Waals surface area contributed by atoms with E-state index in [0.29, 0.717) is 17.5 Å². The quantitative estimate of drug-likeness (QED) is 0.895. The minimum Gasteiger partial charge on any atom is -0.481 e. The first kappa shape index (κ1) is 13.3. The van der Waals surface area contributed by atoms with Crippen molar-refractivity contribution >= 4 is 5.97 Å². The molecule has 0 aliphatic carbocycles. The monoisotopic (exact) mass is 259 g/mol. The van der Waals surface area contributed by atoms with Crippen LogP contribution >= 0.6 is 0 Å². The van der Waals surface area contributed by atoms with Crippen molar-refractivity contribution in [1.82, 2.24) is 4.98 Å². The molecule has 1 N–H and O–H groups in total. The van der Waals surface area contributed by atoms with Gasteiger partial charge in [0.15, 0.2) is 0 Å². The van der Waals surface area contributed by atoms with Gasteiger partial charge in [-0.05, 0) is 30.0 Å². The molecule has 4 nitrogen and oxygen atoms in total. The normalized spacial score (nSPS) is 10.9. The van der Waals surface area contributed by atoms with Gasteiger partial charge >= 0.3 is 5.97 Å². The van der Waals surface area contributed by atoms with Gasteiger partial charge in [0.05, 0.1) is 12.1 Å². The van der Waals surface area contributed by atoms with Crippen LogP contribution in [0.5, 0.6) is 0 Å². The van der Waals surface area contributed by atoms with Crippen molar-refractivity contribution in [3.05, 3.63) is 41.8 Å². The van der Waals surface area contributed by atoms with Crippen molar-refractivity contribution in [2.24, 2.45) is 5.92 Å². The van der Waals surface area contributed by atoms with Crippen molar-refractivity contribution in [3.8, 4) is 11.5 Å². The Hall–Kier alpha value is -2.10. The second-order valence-electron chi connectivity index (χ2n) is 5.01. The molecular formula is C15H17NO3. The molecule has 2 rings (SSSR count). The third-order valence-electron chi connectivity index (χ3n) is 2.73. The van der Waals surface area contributed by atoms with Gasteiger partial charge in [-0.2, -0.15) is 0 Å². The average Bonchev–Trinajstić information content (AvgIpc) is 2.76. The number of oxazole rings is 1. The molecule has 4 heteroatoms. The molecule has 1 aromatic carbocycles. The summed E-state index contributed by atoms with van der Waals surface area (Å²) in [5.41, 5.74) is 2.58. The second kappa shape index (κ2) is 5.69. The minimum atomic E-state index is -0.910. The van der Waals surface area contributed by atoms with Crippen molar-refractivity contribution in [1.29, 1.82) is 0 Å². The minimum absolute atomic E-state index is 0.116. The molecule has 0 fully saturated rings. The van der Waals surface area contributed by atoms with Gasteiger partial charge in [-0.15, -0.1) is 0 Å². The van der Waals surface area contributed by atoms with Crippen LogP contribution in [0.1, 0.15) is 25.1 Å². The Bertz CT molecular complexity index is 555. The lowest BCUT2D eigenvalue weighted by Crippen LogP contribution is -1.99. The number of carboxylic acids is 1. The molecule has 0 aliphatic heterocycles. The van der Waals surface area contributed by atoms with E-state index in [-0.39, 0.29) is 6.42 Å². The molecule has 0 bridgehead atoms. The number of carbonyl (C=O) groups is 1. The van der Waals surface area contributed by atoms with Crippen LogP contribution in [0.2, 0.25) is 0 Å². The van der Waals surface area contributed by atoms with E-state index >= 15 is 0 Å². The first-order valence-corrected chi connectivity index (χ1v) is 6.30. The predicted molar refractivity (Wildman–Crippen MR) is 71.8 cm³/mol. The maximum absolute atomic E-state index is 10.6. The zero-order valence-electron chi connectivity index (χ0n) is 11.1. The number of hydrogen-bond donors (Lipinski definition) is 1. The topological polar surface area (TPSA) is 63.3 Å². The fourth-order valence-electron chi connectivity index (χ4n) is 1.93. The first-order valence-electron chi connectivity index (χ1n) is 6.30. The second-order valence-corrected chi connectivity index (χ2v) is 5.01. The van der Waals surface area contributed by atoms with Gasteiger partial charge in [0.25, 0.3) is 0 Å². The molecule has 0 atom stereocenters. The highest BCUT2D eigenvalue weighted by Crippen LogP contribution is 2.20. The lowest BCUT2D eigenvalue weighted by atomic mass is 10.0. The number of benzene rings is 1. The van der Waals surface area contributed by atoms with Crippen molar-refractivity contribution in [2.75, 3.05) is 0 Å². The summed E-state index contributed by atoms with van der Waals surface area (Å²) < 4.78 is 5.30. The standard InChI is InChI=1S/C15H17NO3/c1-10(2)7-11-3-5-12(6-4-11)15-16-13(9-19-15)8-14(17)18/h3-6,9-10H,7-8H2,1-2H3,(H,17,18). The van der Waals surface area contributed by atoms with Crippen LogP contribution in [-0.2, 0) is 17.6 Å². The molecule has 100 valence electrons. The Morgan fingerprint density at radius 1 is 1.32 bits per heavy atom. The summed E-state index contributed by atoms with van der Waals surface area (Å²) in [6.45, 7) is 4.36. The average molecular weight is 259 g/mol. The van der Waals surface area contributed by atoms with Gasteiger partial charge in [-0.25, -0.2) is 4.98 Å². The van der Waals surface area contributed by atoms with Gasteiger partial charge in [0.2, 0.25) is 5.89 Å². The smallest absolute Gasteiger partial charge is 0.309 e. The summed E-state index contributed by atoms with van der Waals surface area (Å²) in [5.74, 6) is 0.175. The number of aromatic nitrogens is 1. The highest BCUT2D eigenvalue weighted by atomic mass is 16.4. The highest BCUT2D eigenvalue weighted by molar-refractivity contribution is 5.69. The number of rotatable bonds is 5. The van der Waals surface area contributed by atoms with Crippen LogP contribution in [0.4, 0.5) is 0 Å². The molecule has 0 spiro atoms. The molecule has 0 saturated carbocycles. The molecule has 0 radical (unpaired) electrons. The van der Waals surface area contributed by atoms with Gasteiger partial charge in [-0.1, -0.05) is 26.0 Å². The van der Waals surface area contributed by atoms with E-state index in [1.54, 1.807) is 0 Å². The molecule has 0 unspecified atom stereocenters. The summed E-state index contributed by atoms with van der Waals surface area (Å²) in [6.07, 6.45) is 2.32. The van der Waals surface area contributed by atoms with E-state index < -0.39 is 5.97 Å². The predicted octanol–water partition coefficient (Wildman–Crippen LogP) is 3.17. The maximum Gasteiger partial charge on any atom is 0.309 e. The van der Waals surface area contributed by atoms with Crippen molar-refractivity contribution < 1.29 is 14.3 Å². The SMILES string of the molecule is CC(C)Cc1ccc(-c2nc(CC(=O)O)co2)cc1. The fraction of sp³-hybridized carbons (Fsp3) is 0.333. The molecule has 2 aromatic rings. The first-order chi connectivity index (χ1) is 9.04. The molecule has 0 saturated heterocycles. The number of nitrogens with zero attached hydrogens (tertiary/aromatic N) is 1. The number of carboxylic acid groups (broad SMARTS) is 1. The number of hydrogen-bond acceptors (Lipinski definition) is 3. The Kier molecular flexibility index (Phi) is 4.00. The van der Waals surface area contributed by atoms with Crippen molar-refractivity contribution in [3.63, 3.8) is 0 Å². The van der Waals surface area contributed by atoms with Crippen LogP contribution in [0.3, 0.4) is 0 Å². The van der Waals surface area contributed by atoms with Crippen molar-refractivity contribution in [2.45, 2.75) is 26.7 Å². The van der Waals surface area contributed by atoms with E-state index in [2.05, 4.69) is 31.0 Å². The third kappa shape index (κ3) is 3.68. The van der Waals surface area contributed by atoms with Crippen LogP contribution in [0.15, 0.2) is 34.9 Å². The van der Waals surface area contributed by atoms with E-state index in [1.165, 1.54) is 11.8 Å². The van der Waals surface area contributed by atoms with E-state index in [0.717, 1.165) is 12.0 Å². The zero-order chi connectivity index (χ0) is 13.8. The Morgan fingerprint density at radius 3 is 2.58 bits per heavy atom. The summed E-state index contributed by atoms with van der Waals surface area (Å²) in [4.78, 5) is 14.7. The van der Waals surface area contributed by atoms with Gasteiger partial charge in [-0.3, -0.25) is 4.79 Å². The maximum atomic E-state index is 10.6. The fourth-order valence-corrected chi connectivity index (χ4v) is 1.93. The van der Waals surface area contributed by atoms with Gasteiger partial charge in [0.1, 0.15) is 6.26 Å². The molecule has 0 aliphatic rings. The van der Waals surface area contributed by atoms with Crippen LogP contribution in [0.25, 0.3) is 11.5 Å². The van der Waals surface area contributed by atoms with Gasteiger partial charge < -0.3 is 9.52 Å². The van der Waals surface area contributed by atoms with Crippen LogP contribution in [-0.4, -0.2) is 16.1 Å². The van der Waals surface area contributed by atoms with Crippen LogP contribution in [0, 0.1) is 5.92 Å². The molecule has 0 amide bonds. The lowest BCUT2D eigenvalue weighted by molar-refractivity contribution is -0.136.